The molecule has 0 heterocycles. The number of hydrogen-bond donors (Lipinski definition) is 0. The van der Waals surface area contributed by atoms with E-state index in [1.165, 1.54) is 0 Å². The van der Waals surface area contributed by atoms with Crippen molar-refractivity contribution in [2.75, 3.05) is 0 Å². The second-order valence-corrected chi connectivity index (χ2v) is 1.59. The Hall–Kier alpha value is 0.800. The molecule has 0 saturated heterocycles. The topological polar surface area (TPSA) is 0 Å². The fourth-order valence-corrected chi connectivity index (χ4v) is 0. The zero-order chi connectivity index (χ0) is 4.28. The highest BCUT2D eigenvalue weighted by Crippen LogP contribution is 2.03. The summed E-state index contributed by atoms with van der Waals surface area (Å²) in [7, 11) is 0. The molecule has 38 valence electrons. The Morgan fingerprint density at radius 1 is 1.50 bits per heavy atom. The summed E-state index contributed by atoms with van der Waals surface area (Å²) in [6.45, 7) is 1.77. The van der Waals surface area contributed by atoms with E-state index in [-0.39, 0.29) is 17.0 Å². The van der Waals surface area contributed by atoms with E-state index in [0.717, 1.165) is 0 Å². The third-order valence-electron chi connectivity index (χ3n) is 0.218. The Morgan fingerprint density at radius 2 is 1.67 bits per heavy atom. The van der Waals surface area contributed by atoms with Gasteiger partial charge in [0.1, 0.15) is 4.49 Å². The van der Waals surface area contributed by atoms with Crippen molar-refractivity contribution in [2.45, 2.75) is 6.92 Å². The normalized spacial score (nSPS) is 5.83. The number of rotatable bonds is 0. The third kappa shape index (κ3) is 8.84. The molecule has 6 heavy (non-hydrogen) atoms. The fourth-order valence-electron chi connectivity index (χ4n) is 0. The van der Waals surface area contributed by atoms with E-state index in [4.69, 9.17) is 23.2 Å². The van der Waals surface area contributed by atoms with Crippen molar-refractivity contribution in [3.63, 3.8) is 0 Å². The molecular weight excluding hydrogens is 187 g/mol. The number of allylic oxidation sites excluding steroid dienone is 1. The minimum atomic E-state index is 0. The Morgan fingerprint density at radius 3 is 1.67 bits per heavy atom. The summed E-state index contributed by atoms with van der Waals surface area (Å²) in [5.74, 6) is 0. The monoisotopic (exact) mass is 190 g/mol. The predicted octanol–water partition coefficient (Wildman–Crippen LogP) is 2.90. The quantitative estimate of drug-likeness (QED) is 0.553. The van der Waals surface area contributed by atoms with Crippen LogP contribution in [0.2, 0.25) is 0 Å². The lowest BCUT2D eigenvalue weighted by atomic mass is 10.8. The van der Waals surface area contributed by atoms with E-state index >= 15 is 0 Å². The van der Waals surface area contributed by atoms with Crippen LogP contribution in [-0.2, 0) is 0 Å². The molecule has 0 aromatic carbocycles. The number of halogens is 3. The molecule has 0 N–H and O–H groups in total. The van der Waals surface area contributed by atoms with Gasteiger partial charge in [-0.25, -0.2) is 0 Å². The number of hydrogen-bond acceptors (Lipinski definition) is 0. The summed E-state index contributed by atoms with van der Waals surface area (Å²) in [6, 6.07) is 0. The first-order valence-corrected chi connectivity index (χ1v) is 2.00. The maximum absolute atomic E-state index is 5.09. The largest absolute Gasteiger partial charge is 0.114 e. The van der Waals surface area contributed by atoms with Crippen LogP contribution in [0.25, 0.3) is 0 Å². The molecule has 0 atom stereocenters. The second kappa shape index (κ2) is 5.80. The highest BCUT2D eigenvalue weighted by Gasteiger charge is 1.68. The van der Waals surface area contributed by atoms with Gasteiger partial charge in [0.25, 0.3) is 0 Å². The highest BCUT2D eigenvalue weighted by molar-refractivity contribution is 8.93. The zero-order valence-electron chi connectivity index (χ0n) is 3.24. The van der Waals surface area contributed by atoms with Crippen molar-refractivity contribution in [3.8, 4) is 0 Å². The van der Waals surface area contributed by atoms with Crippen molar-refractivity contribution in [3.05, 3.63) is 10.6 Å². The molecule has 0 aliphatic heterocycles. The molecule has 0 nitrogen and oxygen atoms in total. The summed E-state index contributed by atoms with van der Waals surface area (Å²) >= 11 is 10.2. The van der Waals surface area contributed by atoms with Crippen LogP contribution >= 0.6 is 40.2 Å². The Labute approximate surface area is 57.9 Å². The SMILES string of the molecule is Br.CC=C(Cl)Cl. The summed E-state index contributed by atoms with van der Waals surface area (Å²) in [6.07, 6.45) is 1.61. The summed E-state index contributed by atoms with van der Waals surface area (Å²) < 4.78 is 0.324. The minimum absolute atomic E-state index is 0. The van der Waals surface area contributed by atoms with Gasteiger partial charge in [0.15, 0.2) is 0 Å². The lowest BCUT2D eigenvalue weighted by molar-refractivity contribution is 1.76. The Bertz CT molecular complexity index is 46.8. The molecule has 3 heteroatoms. The second-order valence-electron chi connectivity index (χ2n) is 0.578. The summed E-state index contributed by atoms with van der Waals surface area (Å²) in [4.78, 5) is 0. The van der Waals surface area contributed by atoms with Crippen LogP contribution in [0.1, 0.15) is 6.92 Å². The molecule has 0 saturated carbocycles. The minimum Gasteiger partial charge on any atom is -0.114 e. The van der Waals surface area contributed by atoms with Crippen molar-refractivity contribution < 1.29 is 0 Å². The van der Waals surface area contributed by atoms with Gasteiger partial charge in [-0.05, 0) is 6.92 Å². The fraction of sp³-hybridized carbons (Fsp3) is 0.333. The van der Waals surface area contributed by atoms with Gasteiger partial charge in [0.2, 0.25) is 0 Å². The molecule has 0 aliphatic carbocycles. The van der Waals surface area contributed by atoms with Crippen LogP contribution in [0.4, 0.5) is 0 Å². The molecule has 0 unspecified atom stereocenters. The highest BCUT2D eigenvalue weighted by atomic mass is 79.9. The van der Waals surface area contributed by atoms with Crippen molar-refractivity contribution in [1.29, 1.82) is 0 Å². The van der Waals surface area contributed by atoms with Gasteiger partial charge in [0.05, 0.1) is 0 Å². The van der Waals surface area contributed by atoms with Crippen molar-refractivity contribution >= 4 is 40.2 Å². The molecule has 0 radical (unpaired) electrons. The van der Waals surface area contributed by atoms with Crippen LogP contribution in [0, 0.1) is 0 Å². The van der Waals surface area contributed by atoms with Gasteiger partial charge >= 0.3 is 0 Å². The smallest absolute Gasteiger partial charge is 0.102 e. The van der Waals surface area contributed by atoms with E-state index in [2.05, 4.69) is 0 Å². The van der Waals surface area contributed by atoms with E-state index < -0.39 is 0 Å². The van der Waals surface area contributed by atoms with Crippen LogP contribution in [0.5, 0.6) is 0 Å². The maximum atomic E-state index is 5.09. The van der Waals surface area contributed by atoms with Crippen molar-refractivity contribution in [1.82, 2.24) is 0 Å². The lowest BCUT2D eigenvalue weighted by Crippen LogP contribution is -1.38. The molecule has 0 rings (SSSR count). The van der Waals surface area contributed by atoms with E-state index in [1.54, 1.807) is 13.0 Å². The zero-order valence-corrected chi connectivity index (χ0v) is 6.47. The van der Waals surface area contributed by atoms with Gasteiger partial charge in [-0.1, -0.05) is 29.3 Å². The molecule has 0 amide bonds. The third-order valence-corrected chi connectivity index (χ3v) is 0.655. The Balaban J connectivity index is 0. The van der Waals surface area contributed by atoms with Gasteiger partial charge < -0.3 is 0 Å². The van der Waals surface area contributed by atoms with Crippen LogP contribution in [0.15, 0.2) is 10.6 Å². The predicted molar refractivity (Wildman–Crippen MR) is 35.8 cm³/mol. The molecule has 0 spiro atoms. The van der Waals surface area contributed by atoms with E-state index in [0.29, 0.717) is 4.49 Å². The van der Waals surface area contributed by atoms with Crippen LogP contribution in [0.3, 0.4) is 0 Å². The van der Waals surface area contributed by atoms with Gasteiger partial charge in [-0.2, -0.15) is 0 Å². The molecule has 0 bridgehead atoms. The maximum Gasteiger partial charge on any atom is 0.102 e. The van der Waals surface area contributed by atoms with E-state index in [9.17, 15) is 0 Å². The van der Waals surface area contributed by atoms with Crippen LogP contribution < -0.4 is 0 Å². The average Bonchev–Trinajstić information content (AvgIpc) is 1.38. The lowest BCUT2D eigenvalue weighted by Gasteiger charge is -1.66. The van der Waals surface area contributed by atoms with Gasteiger partial charge in [0, 0.05) is 0 Å². The Kier molecular flexibility index (Phi) is 9.60. The summed E-state index contributed by atoms with van der Waals surface area (Å²) in [5, 5.41) is 0. The van der Waals surface area contributed by atoms with Crippen molar-refractivity contribution in [2.24, 2.45) is 0 Å². The van der Waals surface area contributed by atoms with E-state index in [1.807, 2.05) is 0 Å². The summed E-state index contributed by atoms with van der Waals surface area (Å²) in [5.41, 5.74) is 0. The first-order chi connectivity index (χ1) is 2.27. The van der Waals surface area contributed by atoms with Crippen LogP contribution in [-0.4, -0.2) is 0 Å². The standard InChI is InChI=1S/C3H4Cl2.BrH/c1-2-3(4)5;/h2H,1H3;1H. The first-order valence-electron chi connectivity index (χ1n) is 1.24. The molecule has 0 aromatic heterocycles. The van der Waals surface area contributed by atoms with Gasteiger partial charge in [-0.3, -0.25) is 0 Å². The van der Waals surface area contributed by atoms with Gasteiger partial charge in [-0.15, -0.1) is 17.0 Å². The molecular formula is C3H5BrCl2. The molecule has 0 fully saturated rings. The molecule has 0 aliphatic rings. The molecule has 0 aromatic rings. The average molecular weight is 192 g/mol. The first kappa shape index (κ1) is 9.93.